The number of hydrogen-bond acceptors (Lipinski definition) is 3. The standard InChI is InChI=1S/C10H20F6O3S2/c1-7(9(11,12)13)17-20(3,4)19-21(5,6)18-8(2)10(14,15)16/h7-8H,1-6H3. The number of hydrogen-bond donors (Lipinski definition) is 0. The first-order valence-corrected chi connectivity index (χ1v) is 10.2. The third-order valence-corrected chi connectivity index (χ3v) is 6.13. The van der Waals surface area contributed by atoms with Crippen molar-refractivity contribution in [3.05, 3.63) is 0 Å². The lowest BCUT2D eigenvalue weighted by molar-refractivity contribution is -0.189. The topological polar surface area (TPSA) is 27.7 Å². The molecule has 0 aliphatic rings. The van der Waals surface area contributed by atoms with Gasteiger partial charge in [0.25, 0.3) is 0 Å². The van der Waals surface area contributed by atoms with Crippen molar-refractivity contribution in [3.63, 3.8) is 0 Å². The minimum atomic E-state index is -4.58. The monoisotopic (exact) mass is 366 g/mol. The second kappa shape index (κ2) is 6.73. The van der Waals surface area contributed by atoms with E-state index in [0.717, 1.165) is 13.8 Å². The van der Waals surface area contributed by atoms with Gasteiger partial charge in [-0.2, -0.15) is 51.2 Å². The fourth-order valence-electron chi connectivity index (χ4n) is 1.23. The molecule has 0 aliphatic heterocycles. The van der Waals surface area contributed by atoms with Gasteiger partial charge in [-0.15, -0.1) is 0 Å². The van der Waals surface area contributed by atoms with Gasteiger partial charge in [-0.1, -0.05) is 0 Å². The Kier molecular flexibility index (Phi) is 6.78. The first kappa shape index (κ1) is 21.2. The molecule has 0 amide bonds. The molecule has 11 heteroatoms. The Bertz CT molecular complexity index is 311. The van der Waals surface area contributed by atoms with E-state index >= 15 is 0 Å². The summed E-state index contributed by atoms with van der Waals surface area (Å²) in [5.74, 6) is 0. The number of rotatable bonds is 6. The second-order valence-corrected chi connectivity index (χ2v) is 10.4. The second-order valence-electron chi connectivity index (χ2n) is 4.91. The third-order valence-electron chi connectivity index (χ3n) is 2.00. The zero-order chi connectivity index (χ0) is 17.3. The Balaban J connectivity index is 4.76. The highest BCUT2D eigenvalue weighted by Gasteiger charge is 2.42. The maximum absolute atomic E-state index is 12.4. The van der Waals surface area contributed by atoms with Crippen molar-refractivity contribution in [2.24, 2.45) is 0 Å². The van der Waals surface area contributed by atoms with Crippen molar-refractivity contribution in [2.45, 2.75) is 38.4 Å². The molecule has 0 saturated heterocycles. The lowest BCUT2D eigenvalue weighted by atomic mass is 10.4. The van der Waals surface area contributed by atoms with Gasteiger partial charge in [0.05, 0.1) is 0 Å². The van der Waals surface area contributed by atoms with Crippen LogP contribution in [-0.2, 0) is 12.0 Å². The van der Waals surface area contributed by atoms with Crippen LogP contribution in [-0.4, -0.2) is 49.6 Å². The lowest BCUT2D eigenvalue weighted by Crippen LogP contribution is -2.32. The molecular formula is C10H20F6O3S2. The average molecular weight is 366 g/mol. The highest BCUT2D eigenvalue weighted by molar-refractivity contribution is 8.37. The molecule has 0 radical (unpaired) electrons. The largest absolute Gasteiger partial charge is 0.416 e. The molecule has 0 spiro atoms. The van der Waals surface area contributed by atoms with Crippen molar-refractivity contribution < 1.29 is 38.3 Å². The zero-order valence-corrected chi connectivity index (χ0v) is 14.1. The van der Waals surface area contributed by atoms with E-state index in [0.29, 0.717) is 0 Å². The van der Waals surface area contributed by atoms with Crippen LogP contribution in [0.4, 0.5) is 26.3 Å². The molecule has 132 valence electrons. The maximum atomic E-state index is 12.4. The van der Waals surface area contributed by atoms with Crippen LogP contribution < -0.4 is 0 Å². The van der Waals surface area contributed by atoms with Crippen LogP contribution in [0.15, 0.2) is 0 Å². The van der Waals surface area contributed by atoms with Crippen molar-refractivity contribution in [1.29, 1.82) is 0 Å². The summed E-state index contributed by atoms with van der Waals surface area (Å²) in [4.78, 5) is 0. The summed E-state index contributed by atoms with van der Waals surface area (Å²) in [6.45, 7) is 1.61. The Hall–Kier alpha value is 0.160. The van der Waals surface area contributed by atoms with Crippen LogP contribution in [0.3, 0.4) is 0 Å². The third kappa shape index (κ3) is 8.38. The molecule has 0 fully saturated rings. The zero-order valence-electron chi connectivity index (χ0n) is 12.5. The quantitative estimate of drug-likeness (QED) is 0.636. The molecule has 0 N–H and O–H groups in total. The summed E-state index contributed by atoms with van der Waals surface area (Å²) >= 11 is 0. The van der Waals surface area contributed by atoms with Gasteiger partial charge >= 0.3 is 12.4 Å². The molecule has 0 saturated carbocycles. The van der Waals surface area contributed by atoms with E-state index in [4.69, 9.17) is 12.0 Å². The average Bonchev–Trinajstić information content (AvgIpc) is 2.09. The fourth-order valence-corrected chi connectivity index (χ4v) is 6.25. The Morgan fingerprint density at radius 3 is 1.10 bits per heavy atom. The van der Waals surface area contributed by atoms with Gasteiger partial charge in [-0.3, -0.25) is 8.37 Å². The van der Waals surface area contributed by atoms with Gasteiger partial charge < -0.3 is 0 Å². The predicted molar refractivity (Wildman–Crippen MR) is 73.2 cm³/mol. The summed E-state index contributed by atoms with van der Waals surface area (Å²) in [6, 6.07) is 0. The van der Waals surface area contributed by atoms with Crippen LogP contribution in [0.5, 0.6) is 0 Å². The number of halogens is 6. The Labute approximate surface area is 123 Å². The summed E-state index contributed by atoms with van der Waals surface area (Å²) < 4.78 is 89.5. The van der Waals surface area contributed by atoms with E-state index in [-0.39, 0.29) is 0 Å². The van der Waals surface area contributed by atoms with E-state index in [1.165, 1.54) is 25.0 Å². The van der Waals surface area contributed by atoms with E-state index in [9.17, 15) is 26.3 Å². The van der Waals surface area contributed by atoms with Crippen LogP contribution in [0, 0.1) is 0 Å². The molecule has 0 heterocycles. The molecule has 21 heavy (non-hydrogen) atoms. The Morgan fingerprint density at radius 2 is 0.905 bits per heavy atom. The highest BCUT2D eigenvalue weighted by atomic mass is 32.4. The molecule has 0 bridgehead atoms. The SMILES string of the molecule is CC(OS(C)(C)OS(C)(C)OC(C)C(F)(F)F)C(F)(F)F. The molecule has 0 rings (SSSR count). The molecule has 3 nitrogen and oxygen atoms in total. The molecule has 0 aromatic rings. The minimum Gasteiger partial charge on any atom is -0.271 e. The van der Waals surface area contributed by atoms with E-state index in [1.807, 2.05) is 0 Å². The molecule has 2 atom stereocenters. The Morgan fingerprint density at radius 1 is 0.667 bits per heavy atom. The van der Waals surface area contributed by atoms with Gasteiger partial charge in [-0.05, 0) is 13.8 Å². The van der Waals surface area contributed by atoms with E-state index in [2.05, 4.69) is 0 Å². The van der Waals surface area contributed by atoms with E-state index in [1.54, 1.807) is 0 Å². The van der Waals surface area contributed by atoms with Crippen LogP contribution >= 0.6 is 21.2 Å². The summed E-state index contributed by atoms with van der Waals surface area (Å²) in [5.41, 5.74) is 0. The summed E-state index contributed by atoms with van der Waals surface area (Å²) in [5, 5.41) is 0. The van der Waals surface area contributed by atoms with Gasteiger partial charge in [0.1, 0.15) is 0 Å². The van der Waals surface area contributed by atoms with E-state index < -0.39 is 45.7 Å². The van der Waals surface area contributed by atoms with Crippen molar-refractivity contribution in [3.8, 4) is 0 Å². The molecule has 2 unspecified atom stereocenters. The normalized spacial score (nSPS) is 19.2. The van der Waals surface area contributed by atoms with Crippen LogP contribution in [0.2, 0.25) is 0 Å². The van der Waals surface area contributed by atoms with Crippen molar-refractivity contribution in [2.75, 3.05) is 25.0 Å². The summed E-state index contributed by atoms with van der Waals surface area (Å²) in [7, 11) is -5.38. The molecule has 0 aliphatic carbocycles. The van der Waals surface area contributed by atoms with Gasteiger partial charge in [0, 0.05) is 25.0 Å². The van der Waals surface area contributed by atoms with Crippen LogP contribution in [0.25, 0.3) is 0 Å². The van der Waals surface area contributed by atoms with Gasteiger partial charge in [0.2, 0.25) is 0 Å². The predicted octanol–water partition coefficient (Wildman–Crippen LogP) is 4.73. The maximum Gasteiger partial charge on any atom is 0.416 e. The first-order chi connectivity index (χ1) is 8.96. The lowest BCUT2D eigenvalue weighted by Gasteiger charge is -2.47. The fraction of sp³-hybridized carbons (Fsp3) is 1.00. The molecular weight excluding hydrogens is 346 g/mol. The first-order valence-electron chi connectivity index (χ1n) is 5.64. The highest BCUT2D eigenvalue weighted by Crippen LogP contribution is 2.61. The molecule has 0 aromatic carbocycles. The number of alkyl halides is 6. The van der Waals surface area contributed by atoms with Crippen molar-refractivity contribution in [1.82, 2.24) is 0 Å². The summed E-state index contributed by atoms with van der Waals surface area (Å²) in [6.07, 6.45) is -8.25. The molecule has 0 aromatic heterocycles. The smallest absolute Gasteiger partial charge is 0.271 e. The van der Waals surface area contributed by atoms with Crippen molar-refractivity contribution >= 4 is 21.2 Å². The minimum absolute atomic E-state index is 0.805. The van der Waals surface area contributed by atoms with Gasteiger partial charge in [0.15, 0.2) is 12.2 Å². The van der Waals surface area contributed by atoms with Crippen LogP contribution in [0.1, 0.15) is 13.8 Å². The van der Waals surface area contributed by atoms with Gasteiger partial charge in [-0.25, -0.2) is 0 Å².